The summed E-state index contributed by atoms with van der Waals surface area (Å²) in [5.74, 6) is -0.914. The van der Waals surface area contributed by atoms with Crippen molar-refractivity contribution < 1.29 is 9.90 Å². The highest BCUT2D eigenvalue weighted by Crippen LogP contribution is 2.29. The van der Waals surface area contributed by atoms with Crippen LogP contribution in [-0.4, -0.2) is 34.0 Å². The van der Waals surface area contributed by atoms with E-state index < -0.39 is 5.97 Å². The molecule has 0 aliphatic carbocycles. The van der Waals surface area contributed by atoms with Crippen molar-refractivity contribution in [1.29, 1.82) is 0 Å². The average molecular weight is 324 g/mol. The number of aliphatic carboxylic acids is 1. The second kappa shape index (κ2) is 6.13. The molecule has 3 heterocycles. The minimum atomic E-state index is -0.694. The molecule has 7 heteroatoms. The SMILES string of the molecule is O=C(O)C1CCN(Cc2sc(=O)[nH]c2-c2cccs2)CC1. The summed E-state index contributed by atoms with van der Waals surface area (Å²) in [5.41, 5.74) is 0.917. The summed E-state index contributed by atoms with van der Waals surface area (Å²) in [6, 6.07) is 3.97. The summed E-state index contributed by atoms with van der Waals surface area (Å²) in [5, 5.41) is 11.0. The molecule has 0 spiro atoms. The van der Waals surface area contributed by atoms with Crippen LogP contribution in [0.4, 0.5) is 0 Å². The second-order valence-corrected chi connectivity index (χ2v) is 7.19. The van der Waals surface area contributed by atoms with Gasteiger partial charge in [0.05, 0.1) is 16.5 Å². The summed E-state index contributed by atoms with van der Waals surface area (Å²) >= 11 is 2.86. The number of rotatable bonds is 4. The molecule has 5 nitrogen and oxygen atoms in total. The Kier molecular flexibility index (Phi) is 4.23. The van der Waals surface area contributed by atoms with Crippen LogP contribution >= 0.6 is 22.7 Å². The quantitative estimate of drug-likeness (QED) is 0.906. The van der Waals surface area contributed by atoms with Gasteiger partial charge in [-0.2, -0.15) is 0 Å². The third-order valence-corrected chi connectivity index (χ3v) is 5.55. The molecule has 112 valence electrons. The first kappa shape index (κ1) is 14.5. The lowest BCUT2D eigenvalue weighted by atomic mass is 9.97. The van der Waals surface area contributed by atoms with E-state index in [4.69, 9.17) is 5.11 Å². The Bertz CT molecular complexity index is 667. The predicted molar refractivity (Wildman–Crippen MR) is 83.9 cm³/mol. The molecule has 0 atom stereocenters. The molecule has 1 aliphatic rings. The first-order valence-electron chi connectivity index (χ1n) is 6.84. The monoisotopic (exact) mass is 324 g/mol. The summed E-state index contributed by atoms with van der Waals surface area (Å²) < 4.78 is 0. The smallest absolute Gasteiger partial charge is 0.306 e. The van der Waals surface area contributed by atoms with Gasteiger partial charge in [-0.05, 0) is 37.4 Å². The molecular formula is C14H16N2O3S2. The zero-order valence-electron chi connectivity index (χ0n) is 11.4. The van der Waals surface area contributed by atoms with Gasteiger partial charge in [-0.15, -0.1) is 11.3 Å². The number of nitrogens with zero attached hydrogens (tertiary/aromatic N) is 1. The summed E-state index contributed by atoms with van der Waals surface area (Å²) in [6.45, 7) is 2.25. The van der Waals surface area contributed by atoms with E-state index >= 15 is 0 Å². The highest BCUT2D eigenvalue weighted by Gasteiger charge is 2.25. The van der Waals surface area contributed by atoms with Gasteiger partial charge in [0.1, 0.15) is 0 Å². The average Bonchev–Trinajstić information content (AvgIpc) is 3.09. The van der Waals surface area contributed by atoms with Crippen molar-refractivity contribution >= 4 is 28.6 Å². The van der Waals surface area contributed by atoms with E-state index in [-0.39, 0.29) is 10.8 Å². The molecule has 1 fully saturated rings. The third kappa shape index (κ3) is 3.25. The molecule has 2 aromatic rings. The zero-order valence-corrected chi connectivity index (χ0v) is 13.0. The highest BCUT2D eigenvalue weighted by atomic mass is 32.1. The van der Waals surface area contributed by atoms with Gasteiger partial charge in [-0.3, -0.25) is 14.5 Å². The van der Waals surface area contributed by atoms with Gasteiger partial charge in [0, 0.05) is 11.4 Å². The van der Waals surface area contributed by atoms with E-state index in [0.29, 0.717) is 19.4 Å². The van der Waals surface area contributed by atoms with E-state index in [9.17, 15) is 9.59 Å². The Morgan fingerprint density at radius 3 is 2.81 bits per heavy atom. The first-order chi connectivity index (χ1) is 10.1. The van der Waals surface area contributed by atoms with Crippen molar-refractivity contribution in [3.8, 4) is 10.6 Å². The van der Waals surface area contributed by atoms with Gasteiger partial charge in [0.15, 0.2) is 0 Å². The Balaban J connectivity index is 1.72. The predicted octanol–water partition coefficient (Wildman–Crippen LogP) is 2.46. The molecule has 0 unspecified atom stereocenters. The number of thiazole rings is 1. The molecule has 2 N–H and O–H groups in total. The molecule has 0 radical (unpaired) electrons. The molecule has 0 saturated carbocycles. The lowest BCUT2D eigenvalue weighted by Gasteiger charge is -2.29. The fraction of sp³-hybridized carbons (Fsp3) is 0.429. The number of thiophene rings is 1. The van der Waals surface area contributed by atoms with E-state index in [1.807, 2.05) is 17.5 Å². The Labute approximate surface area is 129 Å². The summed E-state index contributed by atoms with van der Waals surface area (Å²) in [6.07, 6.45) is 1.37. The highest BCUT2D eigenvalue weighted by molar-refractivity contribution is 7.14. The van der Waals surface area contributed by atoms with E-state index in [1.165, 1.54) is 11.3 Å². The van der Waals surface area contributed by atoms with Crippen LogP contribution in [0.25, 0.3) is 10.6 Å². The number of hydrogen-bond donors (Lipinski definition) is 2. The van der Waals surface area contributed by atoms with Crippen molar-refractivity contribution in [3.05, 3.63) is 32.1 Å². The number of aromatic amines is 1. The van der Waals surface area contributed by atoms with Crippen molar-refractivity contribution in [2.45, 2.75) is 19.4 Å². The number of carbonyl (C=O) groups is 1. The summed E-state index contributed by atoms with van der Waals surface area (Å²) in [7, 11) is 0. The molecule has 2 aromatic heterocycles. The number of carboxylic acids is 1. The third-order valence-electron chi connectivity index (χ3n) is 3.79. The molecule has 0 bridgehead atoms. The van der Waals surface area contributed by atoms with Gasteiger partial charge >= 0.3 is 10.8 Å². The first-order valence-corrected chi connectivity index (χ1v) is 8.54. The Hall–Kier alpha value is -1.44. The van der Waals surface area contributed by atoms with E-state index in [0.717, 1.165) is 28.5 Å². The van der Waals surface area contributed by atoms with Crippen LogP contribution in [0.2, 0.25) is 0 Å². The maximum absolute atomic E-state index is 11.7. The number of H-pyrrole nitrogens is 1. The largest absolute Gasteiger partial charge is 0.481 e. The van der Waals surface area contributed by atoms with Crippen LogP contribution < -0.4 is 4.87 Å². The van der Waals surface area contributed by atoms with Crippen LogP contribution in [0.5, 0.6) is 0 Å². The topological polar surface area (TPSA) is 73.4 Å². The van der Waals surface area contributed by atoms with Gasteiger partial charge in [0.2, 0.25) is 0 Å². The van der Waals surface area contributed by atoms with Crippen LogP contribution in [0, 0.1) is 5.92 Å². The molecule has 0 aromatic carbocycles. The van der Waals surface area contributed by atoms with Crippen LogP contribution in [0.1, 0.15) is 17.7 Å². The standard InChI is InChI=1S/C14H16N2O3S2/c17-13(18)9-3-5-16(6-4-9)8-11-12(15-14(19)21-11)10-2-1-7-20-10/h1-2,7,9H,3-6,8H2,(H,15,19)(H,17,18). The number of piperidine rings is 1. The van der Waals surface area contributed by atoms with E-state index in [1.54, 1.807) is 11.3 Å². The van der Waals surface area contributed by atoms with Crippen LogP contribution in [0.3, 0.4) is 0 Å². The molecule has 21 heavy (non-hydrogen) atoms. The molecular weight excluding hydrogens is 308 g/mol. The molecule has 1 aliphatic heterocycles. The van der Waals surface area contributed by atoms with Crippen molar-refractivity contribution in [3.63, 3.8) is 0 Å². The number of carboxylic acid groups (broad SMARTS) is 1. The number of aromatic nitrogens is 1. The minimum absolute atomic E-state index is 0.0335. The lowest BCUT2D eigenvalue weighted by Crippen LogP contribution is -2.35. The zero-order chi connectivity index (χ0) is 14.8. The number of nitrogens with one attached hydrogen (secondary N) is 1. The van der Waals surface area contributed by atoms with Gasteiger partial charge < -0.3 is 10.1 Å². The van der Waals surface area contributed by atoms with Crippen molar-refractivity contribution in [2.75, 3.05) is 13.1 Å². The van der Waals surface area contributed by atoms with Crippen LogP contribution in [-0.2, 0) is 11.3 Å². The lowest BCUT2D eigenvalue weighted by molar-refractivity contribution is -0.143. The van der Waals surface area contributed by atoms with Gasteiger partial charge in [-0.1, -0.05) is 17.4 Å². The Morgan fingerprint density at radius 1 is 1.43 bits per heavy atom. The summed E-state index contributed by atoms with van der Waals surface area (Å²) in [4.78, 5) is 29.9. The maximum Gasteiger partial charge on any atom is 0.306 e. The molecule has 1 saturated heterocycles. The number of likely N-dealkylation sites (tertiary alicyclic amines) is 1. The minimum Gasteiger partial charge on any atom is -0.481 e. The molecule has 3 rings (SSSR count). The fourth-order valence-electron chi connectivity index (χ4n) is 2.63. The van der Waals surface area contributed by atoms with Gasteiger partial charge in [0.25, 0.3) is 0 Å². The van der Waals surface area contributed by atoms with E-state index in [2.05, 4.69) is 9.88 Å². The maximum atomic E-state index is 11.7. The van der Waals surface area contributed by atoms with Crippen LogP contribution in [0.15, 0.2) is 22.3 Å². The van der Waals surface area contributed by atoms with Gasteiger partial charge in [-0.25, -0.2) is 0 Å². The van der Waals surface area contributed by atoms with Crippen molar-refractivity contribution in [2.24, 2.45) is 5.92 Å². The molecule has 0 amide bonds. The van der Waals surface area contributed by atoms with Crippen molar-refractivity contribution in [1.82, 2.24) is 9.88 Å². The normalized spacial score (nSPS) is 17.1. The fourth-order valence-corrected chi connectivity index (χ4v) is 4.34. The number of hydrogen-bond acceptors (Lipinski definition) is 5. The Morgan fingerprint density at radius 2 is 2.19 bits per heavy atom. The second-order valence-electron chi connectivity index (χ2n) is 5.18.